The predicted molar refractivity (Wildman–Crippen MR) is 96.8 cm³/mol. The molecule has 134 valence electrons. The topological polar surface area (TPSA) is 84.7 Å². The first-order valence-electron chi connectivity index (χ1n) is 7.64. The van der Waals surface area contributed by atoms with Crippen molar-refractivity contribution >= 4 is 29.6 Å². The van der Waals surface area contributed by atoms with E-state index in [1.54, 1.807) is 7.11 Å². The van der Waals surface area contributed by atoms with Gasteiger partial charge in [0.25, 0.3) is 0 Å². The Morgan fingerprint density at radius 3 is 2.71 bits per heavy atom. The van der Waals surface area contributed by atoms with Gasteiger partial charge in [0.2, 0.25) is 12.3 Å². The molecule has 1 aliphatic heterocycles. The smallest absolute Gasteiger partial charge is 0.233 e. The maximum absolute atomic E-state index is 12.1. The minimum Gasteiger partial charge on any atom is -0.493 e. The second-order valence-corrected chi connectivity index (χ2v) is 6.03. The summed E-state index contributed by atoms with van der Waals surface area (Å²) in [5.74, 6) is -0.306. The van der Waals surface area contributed by atoms with Gasteiger partial charge in [-0.15, -0.1) is 0 Å². The van der Waals surface area contributed by atoms with E-state index in [2.05, 4.69) is 10.2 Å². The Bertz CT molecular complexity index is 589. The van der Waals surface area contributed by atoms with Gasteiger partial charge in [-0.3, -0.25) is 14.9 Å². The van der Waals surface area contributed by atoms with Crippen LogP contribution in [0.1, 0.15) is 38.7 Å². The highest BCUT2D eigenvalue weighted by atomic mass is 35.5. The number of nitrogens with zero attached hydrogens (tertiary/aromatic N) is 1. The predicted octanol–water partition coefficient (Wildman–Crippen LogP) is 2.29. The van der Waals surface area contributed by atoms with Gasteiger partial charge in [-0.2, -0.15) is 0 Å². The second-order valence-electron chi connectivity index (χ2n) is 5.65. The van der Waals surface area contributed by atoms with Gasteiger partial charge in [0.1, 0.15) is 0 Å². The van der Waals surface area contributed by atoms with Crippen molar-refractivity contribution in [2.75, 3.05) is 25.1 Å². The summed E-state index contributed by atoms with van der Waals surface area (Å²) in [6.07, 6.45) is 1.78. The van der Waals surface area contributed by atoms with E-state index in [1.807, 2.05) is 19.1 Å². The summed E-state index contributed by atoms with van der Waals surface area (Å²) in [5.41, 5.74) is 7.36. The maximum Gasteiger partial charge on any atom is 0.233 e. The van der Waals surface area contributed by atoms with Crippen LogP contribution in [-0.4, -0.2) is 38.6 Å². The molecule has 1 heterocycles. The summed E-state index contributed by atoms with van der Waals surface area (Å²) < 4.78 is 5.46. The van der Waals surface area contributed by atoms with Crippen LogP contribution >= 0.6 is 11.6 Å². The first-order chi connectivity index (χ1) is 11.0. The van der Waals surface area contributed by atoms with Crippen molar-refractivity contribution < 1.29 is 14.3 Å². The number of rotatable bonds is 7. The monoisotopic (exact) mass is 355 g/mol. The van der Waals surface area contributed by atoms with Crippen LogP contribution in [0, 0.1) is 0 Å². The quantitative estimate of drug-likeness (QED) is 0.733. The molecule has 1 aromatic carbocycles. The van der Waals surface area contributed by atoms with Crippen molar-refractivity contribution in [3.8, 4) is 5.75 Å². The number of amides is 2. The van der Waals surface area contributed by atoms with E-state index in [1.165, 1.54) is 0 Å². The third-order valence-electron chi connectivity index (χ3n) is 4.03. The number of nitrogens with two attached hydrogens (primary N) is 1. The zero-order valence-electron chi connectivity index (χ0n) is 13.3. The van der Waals surface area contributed by atoms with Crippen molar-refractivity contribution in [1.82, 2.24) is 5.32 Å². The first kappa shape index (κ1) is 20.3. The molecule has 0 aromatic heterocycles. The molecule has 1 saturated heterocycles. The minimum atomic E-state index is -0.487. The number of ether oxygens (including phenoxy) is 1. The SMILES string of the molecule is C.CCCC(C(=O)NC=O)c1ccc(N2CC(N)C2)c(OC)c1Cl. The van der Waals surface area contributed by atoms with Gasteiger partial charge < -0.3 is 15.4 Å². The van der Waals surface area contributed by atoms with E-state index in [4.69, 9.17) is 22.1 Å². The van der Waals surface area contributed by atoms with Crippen molar-refractivity contribution in [1.29, 1.82) is 0 Å². The number of carbonyl (C=O) groups is 2. The number of carbonyl (C=O) groups excluding carboxylic acids is 2. The average molecular weight is 356 g/mol. The van der Waals surface area contributed by atoms with Gasteiger partial charge in [0, 0.05) is 19.1 Å². The Balaban J connectivity index is 0.00000288. The van der Waals surface area contributed by atoms with E-state index in [-0.39, 0.29) is 19.4 Å². The number of nitrogens with one attached hydrogen (secondary N) is 1. The number of hydrogen-bond acceptors (Lipinski definition) is 5. The fraction of sp³-hybridized carbons (Fsp3) is 0.529. The Hall–Kier alpha value is -1.79. The molecule has 0 radical (unpaired) electrons. The number of methoxy groups -OCH3 is 1. The molecule has 0 bridgehead atoms. The van der Waals surface area contributed by atoms with Crippen LogP contribution in [0.2, 0.25) is 5.02 Å². The summed E-state index contributed by atoms with van der Waals surface area (Å²) in [7, 11) is 1.55. The molecule has 0 spiro atoms. The zero-order chi connectivity index (χ0) is 17.0. The summed E-state index contributed by atoms with van der Waals surface area (Å²) in [5, 5.41) is 2.62. The fourth-order valence-electron chi connectivity index (χ4n) is 2.86. The van der Waals surface area contributed by atoms with Crippen LogP contribution < -0.4 is 20.7 Å². The fourth-order valence-corrected chi connectivity index (χ4v) is 3.23. The van der Waals surface area contributed by atoms with Crippen LogP contribution in [0.4, 0.5) is 5.69 Å². The number of halogens is 1. The maximum atomic E-state index is 12.1. The molecule has 1 aliphatic rings. The number of hydrogen-bond donors (Lipinski definition) is 2. The van der Waals surface area contributed by atoms with Crippen molar-refractivity contribution in [3.05, 3.63) is 22.7 Å². The lowest BCUT2D eigenvalue weighted by Crippen LogP contribution is -2.56. The van der Waals surface area contributed by atoms with Gasteiger partial charge in [-0.05, 0) is 18.1 Å². The van der Waals surface area contributed by atoms with E-state index >= 15 is 0 Å². The van der Waals surface area contributed by atoms with Gasteiger partial charge in [0.15, 0.2) is 5.75 Å². The molecule has 2 rings (SSSR count). The Morgan fingerprint density at radius 2 is 2.21 bits per heavy atom. The minimum absolute atomic E-state index is 0. The molecule has 6 nitrogen and oxygen atoms in total. The van der Waals surface area contributed by atoms with Gasteiger partial charge in [-0.1, -0.05) is 38.4 Å². The number of benzene rings is 1. The first-order valence-corrected chi connectivity index (χ1v) is 8.02. The van der Waals surface area contributed by atoms with Crippen molar-refractivity contribution in [2.24, 2.45) is 5.73 Å². The number of imide groups is 1. The lowest BCUT2D eigenvalue weighted by Gasteiger charge is -2.39. The summed E-state index contributed by atoms with van der Waals surface area (Å²) in [6.45, 7) is 3.47. The normalized spacial score (nSPS) is 15.1. The third-order valence-corrected chi connectivity index (χ3v) is 4.42. The van der Waals surface area contributed by atoms with Crippen LogP contribution in [-0.2, 0) is 9.59 Å². The molecule has 3 N–H and O–H groups in total. The molecule has 7 heteroatoms. The molecule has 0 saturated carbocycles. The highest BCUT2D eigenvalue weighted by molar-refractivity contribution is 6.33. The molecule has 2 amide bonds. The van der Waals surface area contributed by atoms with E-state index in [0.717, 1.165) is 25.2 Å². The van der Waals surface area contributed by atoms with Gasteiger partial charge in [-0.25, -0.2) is 0 Å². The Morgan fingerprint density at radius 1 is 1.54 bits per heavy atom. The highest BCUT2D eigenvalue weighted by Crippen LogP contribution is 2.42. The van der Waals surface area contributed by atoms with E-state index in [9.17, 15) is 9.59 Å². The zero-order valence-corrected chi connectivity index (χ0v) is 14.1. The standard InChI is InChI=1S/C16H22ClN3O3.CH4/c1-3-4-12(16(22)19-9-21)11-5-6-13(15(23-2)14(11)17)20-7-10(18)8-20;/h5-6,9-10,12H,3-4,7-8,18H2,1-2H3,(H,19,21,22);1H4. The van der Waals surface area contributed by atoms with Crippen LogP contribution in [0.5, 0.6) is 5.75 Å². The summed E-state index contributed by atoms with van der Waals surface area (Å²) in [4.78, 5) is 24.8. The summed E-state index contributed by atoms with van der Waals surface area (Å²) >= 11 is 6.50. The second kappa shape index (κ2) is 8.89. The van der Waals surface area contributed by atoms with Crippen molar-refractivity contribution in [2.45, 2.75) is 39.2 Å². The number of anilines is 1. The van der Waals surface area contributed by atoms with Crippen molar-refractivity contribution in [3.63, 3.8) is 0 Å². The molecular formula is C17H26ClN3O3. The Kier molecular flexibility index (Phi) is 7.51. The van der Waals surface area contributed by atoms with Crippen LogP contribution in [0.3, 0.4) is 0 Å². The summed E-state index contributed by atoms with van der Waals surface area (Å²) in [6, 6.07) is 3.88. The lowest BCUT2D eigenvalue weighted by molar-refractivity contribution is -0.126. The molecule has 1 aromatic rings. The van der Waals surface area contributed by atoms with Crippen LogP contribution in [0.25, 0.3) is 0 Å². The third kappa shape index (κ3) is 3.99. The average Bonchev–Trinajstić information content (AvgIpc) is 2.50. The van der Waals surface area contributed by atoms with Crippen LogP contribution in [0.15, 0.2) is 12.1 Å². The molecule has 1 unspecified atom stereocenters. The van der Waals surface area contributed by atoms with E-state index in [0.29, 0.717) is 29.2 Å². The molecule has 0 aliphatic carbocycles. The highest BCUT2D eigenvalue weighted by Gasteiger charge is 2.30. The largest absolute Gasteiger partial charge is 0.493 e. The lowest BCUT2D eigenvalue weighted by atomic mass is 9.92. The van der Waals surface area contributed by atoms with E-state index < -0.39 is 5.92 Å². The molecule has 1 fully saturated rings. The molecule has 1 atom stereocenters. The Labute approximate surface area is 148 Å². The molecule has 24 heavy (non-hydrogen) atoms. The van der Waals surface area contributed by atoms with Gasteiger partial charge >= 0.3 is 0 Å². The molecular weight excluding hydrogens is 330 g/mol. The van der Waals surface area contributed by atoms with Gasteiger partial charge in [0.05, 0.1) is 23.7 Å².